The number of amides is 1. The van der Waals surface area contributed by atoms with Crippen molar-refractivity contribution in [2.24, 2.45) is 0 Å². The Morgan fingerprint density at radius 2 is 1.71 bits per heavy atom. The van der Waals surface area contributed by atoms with E-state index in [1.807, 2.05) is 39.0 Å². The van der Waals surface area contributed by atoms with Gasteiger partial charge in [-0.25, -0.2) is 0 Å². The number of carbonyl (C=O) groups excluding carboxylic acids is 1. The van der Waals surface area contributed by atoms with E-state index in [4.69, 9.17) is 4.74 Å². The van der Waals surface area contributed by atoms with Gasteiger partial charge in [0.05, 0.1) is 17.1 Å². The molecule has 1 amide bonds. The Bertz CT molecular complexity index is 1200. The highest BCUT2D eigenvalue weighted by molar-refractivity contribution is 6.10. The van der Waals surface area contributed by atoms with Crippen molar-refractivity contribution in [1.82, 2.24) is 0 Å². The number of nitrogens with one attached hydrogen (secondary N) is 1. The van der Waals surface area contributed by atoms with E-state index in [2.05, 4.69) is 5.32 Å². The molecule has 0 aliphatic rings. The van der Waals surface area contributed by atoms with E-state index in [1.54, 1.807) is 13.0 Å². The smallest absolute Gasteiger partial charge is 0.270 e. The quantitative estimate of drug-likeness (QED) is 0.199. The van der Waals surface area contributed by atoms with E-state index < -0.39 is 10.8 Å². The van der Waals surface area contributed by atoms with Crippen molar-refractivity contribution in [2.45, 2.75) is 47.0 Å². The monoisotopic (exact) mass is 463 g/mol. The lowest BCUT2D eigenvalue weighted by atomic mass is 10.0. The Hall–Kier alpha value is -3.94. The lowest BCUT2D eigenvalue weighted by Gasteiger charge is -2.19. The number of aromatic nitrogens is 1. The van der Waals surface area contributed by atoms with Gasteiger partial charge in [0.2, 0.25) is 5.69 Å². The number of rotatable bonds is 9. The normalized spacial score (nSPS) is 10.7. The summed E-state index contributed by atoms with van der Waals surface area (Å²) >= 11 is 0. The molecule has 8 heteroatoms. The van der Waals surface area contributed by atoms with Crippen molar-refractivity contribution in [3.63, 3.8) is 0 Å². The Balaban J connectivity index is 2.25. The fourth-order valence-corrected chi connectivity index (χ4v) is 3.87. The van der Waals surface area contributed by atoms with Crippen LogP contribution in [-0.2, 0) is 12.8 Å². The van der Waals surface area contributed by atoms with Gasteiger partial charge in [0.15, 0.2) is 11.3 Å². The van der Waals surface area contributed by atoms with Crippen LogP contribution in [-0.4, -0.2) is 17.4 Å². The number of benzene rings is 2. The molecule has 0 aliphatic carbocycles. The minimum absolute atomic E-state index is 0.0133. The molecule has 0 unspecified atom stereocenters. The Morgan fingerprint density at radius 3 is 2.29 bits per heavy atom. The molecule has 0 aliphatic heterocycles. The zero-order chi connectivity index (χ0) is 24.8. The first kappa shape index (κ1) is 24.7. The molecule has 0 fully saturated rings. The Kier molecular flexibility index (Phi) is 7.83. The predicted molar refractivity (Wildman–Crippen MR) is 131 cm³/mol. The van der Waals surface area contributed by atoms with E-state index in [0.29, 0.717) is 29.1 Å². The van der Waals surface area contributed by atoms with Crippen molar-refractivity contribution >= 4 is 17.3 Å². The largest absolute Gasteiger partial charge is 0.618 e. The molecule has 1 heterocycles. The standard InChI is InChI=1S/C26H29N3O5/c1-5-14-34-22-15-17(4)28(31)25(20-12-9-13-21(16-20)29(32)33)23(22)26(30)27-24-18(6-2)10-8-11-19(24)7-3/h8-13,15-16H,5-7,14H2,1-4H3,(H,27,30). The van der Waals surface area contributed by atoms with Gasteiger partial charge in [-0.1, -0.05) is 45.0 Å². The predicted octanol–water partition coefficient (Wildman–Crippen LogP) is 5.37. The molecular formula is C26H29N3O5. The van der Waals surface area contributed by atoms with Crippen LogP contribution >= 0.6 is 0 Å². The average Bonchev–Trinajstić information content (AvgIpc) is 2.84. The molecule has 3 aromatic rings. The van der Waals surface area contributed by atoms with Gasteiger partial charge in [-0.2, -0.15) is 4.73 Å². The molecule has 8 nitrogen and oxygen atoms in total. The van der Waals surface area contributed by atoms with E-state index in [9.17, 15) is 20.1 Å². The number of hydrogen-bond acceptors (Lipinski definition) is 5. The molecule has 178 valence electrons. The zero-order valence-corrected chi connectivity index (χ0v) is 19.9. The third-order valence-electron chi connectivity index (χ3n) is 5.60. The topological polar surface area (TPSA) is 108 Å². The molecule has 3 rings (SSSR count). The maximum atomic E-state index is 13.7. The van der Waals surface area contributed by atoms with Crippen LogP contribution in [0, 0.1) is 22.2 Å². The highest BCUT2D eigenvalue weighted by Crippen LogP contribution is 2.33. The first-order valence-electron chi connectivity index (χ1n) is 11.4. The second kappa shape index (κ2) is 10.8. The van der Waals surface area contributed by atoms with Crippen molar-refractivity contribution in [1.29, 1.82) is 0 Å². The fraction of sp³-hybridized carbons (Fsp3) is 0.308. The minimum Gasteiger partial charge on any atom is -0.618 e. The van der Waals surface area contributed by atoms with Crippen LogP contribution in [0.1, 0.15) is 54.4 Å². The van der Waals surface area contributed by atoms with Gasteiger partial charge in [0, 0.05) is 30.8 Å². The highest BCUT2D eigenvalue weighted by Gasteiger charge is 2.30. The van der Waals surface area contributed by atoms with Crippen LogP contribution in [0.25, 0.3) is 11.3 Å². The number of hydrogen-bond donors (Lipinski definition) is 1. The molecule has 0 spiro atoms. The van der Waals surface area contributed by atoms with Crippen molar-refractivity contribution in [3.05, 3.63) is 86.2 Å². The number of nitro benzene ring substituents is 1. The Labute approximate surface area is 198 Å². The van der Waals surface area contributed by atoms with Crippen LogP contribution in [0.3, 0.4) is 0 Å². The Morgan fingerprint density at radius 1 is 1.06 bits per heavy atom. The third kappa shape index (κ3) is 5.01. The molecule has 0 radical (unpaired) electrons. The summed E-state index contributed by atoms with van der Waals surface area (Å²) in [7, 11) is 0. The van der Waals surface area contributed by atoms with Gasteiger partial charge in [-0.05, 0) is 36.5 Å². The van der Waals surface area contributed by atoms with Crippen molar-refractivity contribution in [2.75, 3.05) is 11.9 Å². The molecule has 0 saturated heterocycles. The summed E-state index contributed by atoms with van der Waals surface area (Å²) in [5.41, 5.74) is 3.12. The summed E-state index contributed by atoms with van der Waals surface area (Å²) in [4.78, 5) is 24.6. The minimum atomic E-state index is -0.534. The number of para-hydroxylation sites is 1. The molecule has 1 N–H and O–H groups in total. The van der Waals surface area contributed by atoms with E-state index in [0.717, 1.165) is 24.0 Å². The number of pyridine rings is 1. The molecule has 0 bridgehead atoms. The zero-order valence-electron chi connectivity index (χ0n) is 19.9. The number of aryl methyl sites for hydroxylation is 3. The van der Waals surface area contributed by atoms with Crippen LogP contribution in [0.15, 0.2) is 48.5 Å². The molecule has 1 aromatic heterocycles. The van der Waals surface area contributed by atoms with Crippen LogP contribution in [0.2, 0.25) is 0 Å². The summed E-state index contributed by atoms with van der Waals surface area (Å²) < 4.78 is 6.51. The maximum Gasteiger partial charge on any atom is 0.270 e. The summed E-state index contributed by atoms with van der Waals surface area (Å²) in [6.45, 7) is 7.91. The molecule has 2 aromatic carbocycles. The molecule has 0 saturated carbocycles. The van der Waals surface area contributed by atoms with E-state index in [-0.39, 0.29) is 28.3 Å². The second-order valence-electron chi connectivity index (χ2n) is 7.94. The van der Waals surface area contributed by atoms with Gasteiger partial charge < -0.3 is 15.3 Å². The first-order chi connectivity index (χ1) is 16.3. The third-order valence-corrected chi connectivity index (χ3v) is 5.60. The average molecular weight is 464 g/mol. The van der Waals surface area contributed by atoms with Crippen molar-refractivity contribution in [3.8, 4) is 17.0 Å². The van der Waals surface area contributed by atoms with Gasteiger partial charge in [0.1, 0.15) is 5.75 Å². The highest BCUT2D eigenvalue weighted by atomic mass is 16.6. The van der Waals surface area contributed by atoms with Gasteiger partial charge in [0.25, 0.3) is 11.6 Å². The molecular weight excluding hydrogens is 434 g/mol. The van der Waals surface area contributed by atoms with Crippen LogP contribution < -0.4 is 14.8 Å². The second-order valence-corrected chi connectivity index (χ2v) is 7.94. The molecule has 0 atom stereocenters. The van der Waals surface area contributed by atoms with E-state index in [1.165, 1.54) is 24.3 Å². The van der Waals surface area contributed by atoms with Gasteiger partial charge in [-0.15, -0.1) is 0 Å². The number of anilines is 1. The summed E-state index contributed by atoms with van der Waals surface area (Å²) in [5, 5.41) is 27.6. The fourth-order valence-electron chi connectivity index (χ4n) is 3.87. The number of nitro groups is 1. The van der Waals surface area contributed by atoms with Gasteiger partial charge in [-0.3, -0.25) is 14.9 Å². The van der Waals surface area contributed by atoms with Gasteiger partial charge >= 0.3 is 0 Å². The summed E-state index contributed by atoms with van der Waals surface area (Å²) in [6.07, 6.45) is 2.14. The summed E-state index contributed by atoms with van der Waals surface area (Å²) in [5.74, 6) is -0.245. The first-order valence-corrected chi connectivity index (χ1v) is 11.4. The molecule has 34 heavy (non-hydrogen) atoms. The summed E-state index contributed by atoms with van der Waals surface area (Å²) in [6, 6.07) is 13.1. The van der Waals surface area contributed by atoms with E-state index >= 15 is 0 Å². The number of carbonyl (C=O) groups is 1. The van der Waals surface area contributed by atoms with Crippen LogP contribution in [0.5, 0.6) is 5.75 Å². The van der Waals surface area contributed by atoms with Crippen LogP contribution in [0.4, 0.5) is 11.4 Å². The SMILES string of the molecule is CCCOc1cc(C)[n+]([O-])c(-c2cccc([N+](=O)[O-])c2)c1C(=O)Nc1c(CC)cccc1CC. The van der Waals surface area contributed by atoms with Crippen molar-refractivity contribution < 1.29 is 19.2 Å². The number of ether oxygens (including phenoxy) is 1. The number of non-ortho nitro benzene ring substituents is 1. The maximum absolute atomic E-state index is 13.7. The number of nitrogens with zero attached hydrogens (tertiary/aromatic N) is 2. The lowest BCUT2D eigenvalue weighted by molar-refractivity contribution is -0.600. The lowest BCUT2D eigenvalue weighted by Crippen LogP contribution is -2.36.